The fraction of sp³-hybridized carbons (Fsp3) is 0. The lowest BCUT2D eigenvalue weighted by atomic mass is 9.93. The van der Waals surface area contributed by atoms with Crippen LogP contribution in [0.25, 0.3) is 100 Å². The number of fused-ring (bicyclic) bond motifs is 2. The summed E-state index contributed by atoms with van der Waals surface area (Å²) < 4.78 is 43.3. The molecule has 1 heterocycles. The highest BCUT2D eigenvalue weighted by atomic mass is 15.0. The van der Waals surface area contributed by atoms with Crippen LogP contribution in [0.1, 0.15) is 6.85 Å². The minimum atomic E-state index is -0.445. The molecule has 0 amide bonds. The van der Waals surface area contributed by atoms with Gasteiger partial charge < -0.3 is 0 Å². The molecule has 0 saturated heterocycles. The van der Waals surface area contributed by atoms with Crippen molar-refractivity contribution in [1.82, 2.24) is 15.0 Å². The Morgan fingerprint density at radius 3 is 1.39 bits per heavy atom. The molecule has 3 heteroatoms. The van der Waals surface area contributed by atoms with Crippen molar-refractivity contribution in [2.45, 2.75) is 0 Å². The van der Waals surface area contributed by atoms with E-state index in [0.717, 1.165) is 66.1 Å². The molecule has 0 saturated carbocycles. The summed E-state index contributed by atoms with van der Waals surface area (Å²) in [7, 11) is 0. The Morgan fingerprint density at radius 1 is 0.286 bits per heavy atom. The molecule has 3 nitrogen and oxygen atoms in total. The predicted molar refractivity (Wildman–Crippen MR) is 233 cm³/mol. The lowest BCUT2D eigenvalue weighted by Crippen LogP contribution is -2.01. The van der Waals surface area contributed by atoms with Crippen molar-refractivity contribution >= 4 is 21.5 Å². The van der Waals surface area contributed by atoms with Gasteiger partial charge in [-0.3, -0.25) is 0 Å². The Kier molecular flexibility index (Phi) is 7.20. The van der Waals surface area contributed by atoms with Gasteiger partial charge in [-0.05, 0) is 102 Å². The van der Waals surface area contributed by atoms with Crippen LogP contribution in [0, 0.1) is 0 Å². The third-order valence-corrected chi connectivity index (χ3v) is 10.2. The zero-order valence-corrected chi connectivity index (χ0v) is 30.2. The highest BCUT2D eigenvalue weighted by Crippen LogP contribution is 2.38. The van der Waals surface area contributed by atoms with Crippen LogP contribution in [0.3, 0.4) is 0 Å². The molecule has 0 fully saturated rings. The van der Waals surface area contributed by atoms with Gasteiger partial charge in [-0.15, -0.1) is 0 Å². The van der Waals surface area contributed by atoms with E-state index in [1.807, 2.05) is 97.1 Å². The summed E-state index contributed by atoms with van der Waals surface area (Å²) in [6.45, 7) is 0. The Morgan fingerprint density at radius 2 is 0.750 bits per heavy atom. The number of benzene rings is 9. The first-order valence-corrected chi connectivity index (χ1v) is 18.5. The van der Waals surface area contributed by atoms with Crippen molar-refractivity contribution in [3.8, 4) is 78.7 Å². The molecule has 10 aromatic rings. The van der Waals surface area contributed by atoms with Crippen molar-refractivity contribution in [2.75, 3.05) is 0 Å². The van der Waals surface area contributed by atoms with Crippen molar-refractivity contribution in [2.24, 2.45) is 0 Å². The summed E-state index contributed by atoms with van der Waals surface area (Å²) in [6.07, 6.45) is 0. The monoisotopic (exact) mass is 718 g/mol. The van der Waals surface area contributed by atoms with Gasteiger partial charge >= 0.3 is 0 Å². The van der Waals surface area contributed by atoms with E-state index in [1.165, 1.54) is 0 Å². The lowest BCUT2D eigenvalue weighted by Gasteiger charge is -2.14. The van der Waals surface area contributed by atoms with Crippen LogP contribution in [-0.2, 0) is 0 Å². The first-order valence-electron chi connectivity index (χ1n) is 21.0. The summed E-state index contributed by atoms with van der Waals surface area (Å²) in [5, 5.41) is 4.16. The molecule has 0 atom stereocenters. The molecule has 9 aromatic carbocycles. The zero-order valence-electron chi connectivity index (χ0n) is 35.2. The first-order chi connectivity index (χ1) is 29.8. The van der Waals surface area contributed by atoms with E-state index in [2.05, 4.69) is 84.9 Å². The van der Waals surface area contributed by atoms with E-state index in [9.17, 15) is 0 Å². The van der Waals surface area contributed by atoms with Crippen molar-refractivity contribution in [3.05, 3.63) is 212 Å². The van der Waals surface area contributed by atoms with E-state index >= 15 is 0 Å². The Labute approximate surface area is 333 Å². The number of nitrogens with zero attached hydrogens (tertiary/aromatic N) is 3. The number of aromatic nitrogens is 3. The molecule has 0 radical (unpaired) electrons. The molecule has 262 valence electrons. The molecular formula is C53H35N3. The van der Waals surface area contributed by atoms with Crippen LogP contribution in [0.2, 0.25) is 0 Å². The van der Waals surface area contributed by atoms with Crippen molar-refractivity contribution in [3.63, 3.8) is 0 Å². The summed E-state index contributed by atoms with van der Waals surface area (Å²) >= 11 is 0. The highest BCUT2D eigenvalue weighted by Gasteiger charge is 2.18. The normalized spacial score (nSPS) is 12.5. The van der Waals surface area contributed by atoms with Gasteiger partial charge in [0.1, 0.15) is 0 Å². The molecule has 0 bridgehead atoms. The number of hydrogen-bond acceptors (Lipinski definition) is 3. The molecule has 1 aromatic heterocycles. The summed E-state index contributed by atoms with van der Waals surface area (Å²) in [5.74, 6) is 1.34. The van der Waals surface area contributed by atoms with Crippen molar-refractivity contribution < 1.29 is 6.85 Å². The summed E-state index contributed by atoms with van der Waals surface area (Å²) in [6, 6.07) is 59.3. The maximum Gasteiger partial charge on any atom is 0.164 e. The van der Waals surface area contributed by atoms with Gasteiger partial charge in [0.05, 0.1) is 6.85 Å². The predicted octanol–water partition coefficient (Wildman–Crippen LogP) is 13.8. The van der Waals surface area contributed by atoms with Gasteiger partial charge in [-0.2, -0.15) is 0 Å². The van der Waals surface area contributed by atoms with Gasteiger partial charge in [0.2, 0.25) is 0 Å². The quantitative estimate of drug-likeness (QED) is 0.165. The second-order valence-electron chi connectivity index (χ2n) is 13.7. The third kappa shape index (κ3) is 6.42. The SMILES string of the molecule is [2H]c1c([2H])c([2H])c(-c2cc(-c3ccc4cc(-c5ccccc5)ccc4c3)cc(-c3nc(-c4ccccc4)nc(-c4ccc(-c5ccccc5)c5ccccc45)n3)c2)c([2H])c1[2H]. The van der Waals surface area contributed by atoms with Gasteiger partial charge in [0.15, 0.2) is 17.5 Å². The summed E-state index contributed by atoms with van der Waals surface area (Å²) in [4.78, 5) is 15.3. The first kappa shape index (κ1) is 28.0. The third-order valence-electron chi connectivity index (χ3n) is 10.2. The Bertz CT molecular complexity index is 3270. The molecule has 0 aliphatic rings. The molecule has 0 N–H and O–H groups in total. The minimum Gasteiger partial charge on any atom is -0.208 e. The van der Waals surface area contributed by atoms with E-state index in [0.29, 0.717) is 28.6 Å². The fourth-order valence-electron chi connectivity index (χ4n) is 7.40. The van der Waals surface area contributed by atoms with Gasteiger partial charge in [0.25, 0.3) is 0 Å². The second kappa shape index (κ2) is 14.4. The number of hydrogen-bond donors (Lipinski definition) is 0. The zero-order chi connectivity index (χ0) is 41.6. The minimum absolute atomic E-state index is 0.0995. The van der Waals surface area contributed by atoms with E-state index < -0.39 is 18.1 Å². The fourth-order valence-corrected chi connectivity index (χ4v) is 7.40. The molecule has 56 heavy (non-hydrogen) atoms. The molecule has 0 aliphatic carbocycles. The van der Waals surface area contributed by atoms with Crippen LogP contribution in [0.15, 0.2) is 212 Å². The average Bonchev–Trinajstić information content (AvgIpc) is 3.32. The molecule has 0 unspecified atom stereocenters. The van der Waals surface area contributed by atoms with Gasteiger partial charge in [0, 0.05) is 16.7 Å². The van der Waals surface area contributed by atoms with Crippen LogP contribution in [0.4, 0.5) is 0 Å². The Hall–Kier alpha value is -7.49. The molecule has 0 aliphatic heterocycles. The van der Waals surface area contributed by atoms with E-state index in [4.69, 9.17) is 21.8 Å². The Balaban J connectivity index is 1.20. The van der Waals surface area contributed by atoms with Crippen LogP contribution in [0.5, 0.6) is 0 Å². The maximum atomic E-state index is 8.96. The van der Waals surface area contributed by atoms with Crippen LogP contribution in [-0.4, -0.2) is 15.0 Å². The smallest absolute Gasteiger partial charge is 0.164 e. The highest BCUT2D eigenvalue weighted by molar-refractivity contribution is 6.04. The standard InChI is InChI=1S/C53H35N3/c1-5-15-36(16-6-1)40-25-26-42-32-43(28-27-41(42)31-40)45-33-44(37-17-7-2-8-18-37)34-46(35-45)52-54-51(39-21-11-4-12-22-39)55-53(56-52)50-30-29-47(38-19-9-3-10-20-38)48-23-13-14-24-49(48)50/h1-35H/i2D,7D,8D,17D,18D. The summed E-state index contributed by atoms with van der Waals surface area (Å²) in [5.41, 5.74) is 8.91. The van der Waals surface area contributed by atoms with Crippen LogP contribution < -0.4 is 0 Å². The molecule has 0 spiro atoms. The van der Waals surface area contributed by atoms with Gasteiger partial charge in [-0.25, -0.2) is 15.0 Å². The van der Waals surface area contributed by atoms with E-state index in [1.54, 1.807) is 0 Å². The topological polar surface area (TPSA) is 38.7 Å². The second-order valence-corrected chi connectivity index (χ2v) is 13.7. The van der Waals surface area contributed by atoms with E-state index in [-0.39, 0.29) is 17.6 Å². The lowest BCUT2D eigenvalue weighted by molar-refractivity contribution is 1.08. The van der Waals surface area contributed by atoms with Gasteiger partial charge in [-0.1, -0.05) is 176 Å². The average molecular weight is 719 g/mol. The maximum absolute atomic E-state index is 8.96. The largest absolute Gasteiger partial charge is 0.208 e. The van der Waals surface area contributed by atoms with Crippen molar-refractivity contribution in [1.29, 1.82) is 0 Å². The van der Waals surface area contributed by atoms with Crippen LogP contribution >= 0.6 is 0 Å². The molecule has 10 rings (SSSR count). The number of rotatable bonds is 7. The molecular weight excluding hydrogens is 679 g/mol.